The van der Waals surface area contributed by atoms with E-state index in [1.807, 2.05) is 0 Å². The molecular weight excluding hydrogens is 288 g/mol. The number of carbonyl (C=O) groups excluding carboxylic acids is 2. The summed E-state index contributed by atoms with van der Waals surface area (Å²) in [7, 11) is 0. The normalized spacial score (nSPS) is 11.9. The van der Waals surface area contributed by atoms with Crippen molar-refractivity contribution < 1.29 is 19.5 Å². The second kappa shape index (κ2) is 5.72. The number of halogens is 1. The zero-order valence-corrected chi connectivity index (χ0v) is 10.7. The van der Waals surface area contributed by atoms with Gasteiger partial charge in [-0.1, -0.05) is 34.1 Å². The van der Waals surface area contributed by atoms with Crippen LogP contribution in [0.3, 0.4) is 0 Å². The first-order valence-electron chi connectivity index (χ1n) is 4.90. The topological polar surface area (TPSA) is 71.4 Å². The minimum atomic E-state index is -1.00. The molecule has 1 rings (SSSR count). The molecule has 0 aliphatic heterocycles. The molecule has 0 spiro atoms. The summed E-state index contributed by atoms with van der Waals surface area (Å²) in [5, 5.41) is 8.79. The van der Waals surface area contributed by atoms with Crippen LogP contribution in [0.4, 0.5) is 0 Å². The van der Waals surface area contributed by atoms with Gasteiger partial charge in [-0.3, -0.25) is 14.4 Å². The lowest BCUT2D eigenvalue weighted by Gasteiger charge is -2.14. The minimum Gasteiger partial charge on any atom is -0.481 e. The van der Waals surface area contributed by atoms with E-state index in [9.17, 15) is 14.4 Å². The Labute approximate surface area is 107 Å². The molecule has 0 heterocycles. The number of Topliss-reactive ketones (excluding diaryl/α,β-unsaturated/α-hetero) is 1. The van der Waals surface area contributed by atoms with Gasteiger partial charge in [-0.05, 0) is 18.1 Å². The van der Waals surface area contributed by atoms with E-state index in [-0.39, 0.29) is 12.2 Å². The van der Waals surface area contributed by atoms with Gasteiger partial charge in [0, 0.05) is 5.56 Å². The lowest BCUT2D eigenvalue weighted by atomic mass is 9.95. The number of carboxylic acids is 1. The van der Waals surface area contributed by atoms with E-state index < -0.39 is 10.8 Å². The Kier molecular flexibility index (Phi) is 4.57. The van der Waals surface area contributed by atoms with Crippen molar-refractivity contribution in [2.75, 3.05) is 0 Å². The Morgan fingerprint density at radius 2 is 2.12 bits per heavy atom. The Bertz CT molecular complexity index is 468. The lowest BCUT2D eigenvalue weighted by Crippen LogP contribution is -2.11. The summed E-state index contributed by atoms with van der Waals surface area (Å²) in [4.78, 5) is 32.3. The fraction of sp³-hybridized carbons (Fsp3) is 0.250. The summed E-state index contributed by atoms with van der Waals surface area (Å²) >= 11 is 3.18. The van der Waals surface area contributed by atoms with Crippen LogP contribution in [-0.4, -0.2) is 23.1 Å². The van der Waals surface area contributed by atoms with Crippen LogP contribution in [0.1, 0.15) is 33.2 Å². The number of alkyl halides is 1. The number of carboxylic acid groups (broad SMARTS) is 1. The monoisotopic (exact) mass is 298 g/mol. The van der Waals surface area contributed by atoms with Crippen LogP contribution in [0.15, 0.2) is 18.2 Å². The molecule has 17 heavy (non-hydrogen) atoms. The van der Waals surface area contributed by atoms with E-state index in [1.165, 1.54) is 6.92 Å². The van der Waals surface area contributed by atoms with Crippen LogP contribution in [-0.2, 0) is 16.0 Å². The Morgan fingerprint density at radius 3 is 2.59 bits per heavy atom. The quantitative estimate of drug-likeness (QED) is 0.668. The van der Waals surface area contributed by atoms with Crippen LogP contribution in [0.25, 0.3) is 0 Å². The smallest absolute Gasteiger partial charge is 0.307 e. The summed E-state index contributed by atoms with van der Waals surface area (Å²) in [5.41, 5.74) is 1.25. The van der Waals surface area contributed by atoms with Crippen molar-refractivity contribution in [3.05, 3.63) is 34.9 Å². The van der Waals surface area contributed by atoms with Crippen molar-refractivity contribution >= 4 is 34.0 Å². The van der Waals surface area contributed by atoms with Gasteiger partial charge in [0.2, 0.25) is 0 Å². The third kappa shape index (κ3) is 3.23. The zero-order chi connectivity index (χ0) is 13.0. The van der Waals surface area contributed by atoms with Crippen molar-refractivity contribution in [1.29, 1.82) is 0 Å². The highest BCUT2D eigenvalue weighted by Crippen LogP contribution is 2.30. The van der Waals surface area contributed by atoms with E-state index >= 15 is 0 Å². The number of aliphatic carboxylic acids is 1. The van der Waals surface area contributed by atoms with Crippen molar-refractivity contribution in [3.8, 4) is 0 Å². The lowest BCUT2D eigenvalue weighted by molar-refractivity contribution is -0.136. The van der Waals surface area contributed by atoms with E-state index in [1.54, 1.807) is 18.2 Å². The molecule has 0 aliphatic carbocycles. The van der Waals surface area contributed by atoms with Crippen molar-refractivity contribution in [1.82, 2.24) is 0 Å². The van der Waals surface area contributed by atoms with Crippen molar-refractivity contribution in [2.24, 2.45) is 0 Å². The molecule has 90 valence electrons. The molecule has 1 atom stereocenters. The summed E-state index contributed by atoms with van der Waals surface area (Å²) < 4.78 is 0. The van der Waals surface area contributed by atoms with Gasteiger partial charge in [0.1, 0.15) is 12.1 Å². The number of hydrogen-bond donors (Lipinski definition) is 1. The maximum absolute atomic E-state index is 11.3. The molecule has 1 unspecified atom stereocenters. The fourth-order valence-electron chi connectivity index (χ4n) is 1.57. The van der Waals surface area contributed by atoms with Gasteiger partial charge in [0.05, 0.1) is 11.2 Å². The fourth-order valence-corrected chi connectivity index (χ4v) is 2.12. The zero-order valence-electron chi connectivity index (χ0n) is 9.14. The van der Waals surface area contributed by atoms with Gasteiger partial charge >= 0.3 is 5.97 Å². The van der Waals surface area contributed by atoms with E-state index in [0.717, 1.165) is 0 Å². The second-order valence-electron chi connectivity index (χ2n) is 3.58. The average Bonchev–Trinajstić information content (AvgIpc) is 2.26. The molecule has 0 saturated carbocycles. The highest BCUT2D eigenvalue weighted by Gasteiger charge is 2.21. The van der Waals surface area contributed by atoms with E-state index in [2.05, 4.69) is 15.9 Å². The summed E-state index contributed by atoms with van der Waals surface area (Å²) in [5.74, 6) is -1.18. The van der Waals surface area contributed by atoms with Crippen LogP contribution in [0.5, 0.6) is 0 Å². The molecule has 0 aromatic heterocycles. The molecule has 0 amide bonds. The number of aldehydes is 1. The van der Waals surface area contributed by atoms with Gasteiger partial charge in [-0.25, -0.2) is 0 Å². The van der Waals surface area contributed by atoms with Crippen LogP contribution >= 0.6 is 15.9 Å². The van der Waals surface area contributed by atoms with Crippen LogP contribution < -0.4 is 0 Å². The summed E-state index contributed by atoms with van der Waals surface area (Å²) in [6, 6.07) is 4.77. The number of benzene rings is 1. The minimum absolute atomic E-state index is 0.175. The number of ketones is 1. The van der Waals surface area contributed by atoms with E-state index in [0.29, 0.717) is 23.0 Å². The van der Waals surface area contributed by atoms with Crippen molar-refractivity contribution in [3.63, 3.8) is 0 Å². The van der Waals surface area contributed by atoms with E-state index in [4.69, 9.17) is 5.11 Å². The van der Waals surface area contributed by atoms with Gasteiger partial charge in [-0.2, -0.15) is 0 Å². The molecule has 5 heteroatoms. The summed E-state index contributed by atoms with van der Waals surface area (Å²) in [6.45, 7) is 1.38. The van der Waals surface area contributed by atoms with Gasteiger partial charge in [0.25, 0.3) is 0 Å². The largest absolute Gasteiger partial charge is 0.481 e. The Morgan fingerprint density at radius 1 is 1.47 bits per heavy atom. The van der Waals surface area contributed by atoms with Gasteiger partial charge in [-0.15, -0.1) is 0 Å². The molecule has 0 aliphatic rings. The first-order chi connectivity index (χ1) is 7.97. The molecule has 1 aromatic rings. The number of hydrogen-bond acceptors (Lipinski definition) is 3. The number of rotatable bonds is 5. The maximum Gasteiger partial charge on any atom is 0.307 e. The first-order valence-corrected chi connectivity index (χ1v) is 5.82. The highest BCUT2D eigenvalue weighted by atomic mass is 79.9. The molecule has 0 radical (unpaired) electrons. The van der Waals surface area contributed by atoms with Crippen molar-refractivity contribution in [2.45, 2.75) is 18.2 Å². The maximum atomic E-state index is 11.3. The predicted octanol–water partition coefficient (Wildman–Crippen LogP) is 2.15. The first kappa shape index (κ1) is 13.6. The Balaban J connectivity index is 3.34. The van der Waals surface area contributed by atoms with Gasteiger partial charge in [0.15, 0.2) is 0 Å². The van der Waals surface area contributed by atoms with Crippen LogP contribution in [0.2, 0.25) is 0 Å². The number of carbonyl (C=O) groups is 3. The molecule has 1 aromatic carbocycles. The SMILES string of the molecule is CC(=O)C(Br)c1c(C=O)cccc1CC(=O)O. The van der Waals surface area contributed by atoms with Crippen LogP contribution in [0, 0.1) is 0 Å². The molecule has 0 fully saturated rings. The molecule has 1 N–H and O–H groups in total. The standard InChI is InChI=1S/C12H11BrO4/c1-7(15)12(13)11-8(5-10(16)17)3-2-4-9(11)6-14/h2-4,6,12H,5H2,1H3,(H,16,17). The highest BCUT2D eigenvalue weighted by molar-refractivity contribution is 9.09. The molecular formula is C12H11BrO4. The summed E-state index contributed by atoms with van der Waals surface area (Å²) in [6.07, 6.45) is 0.407. The molecule has 0 saturated heterocycles. The molecule has 0 bridgehead atoms. The third-order valence-electron chi connectivity index (χ3n) is 2.31. The third-order valence-corrected chi connectivity index (χ3v) is 3.41. The Hall–Kier alpha value is -1.49. The predicted molar refractivity (Wildman–Crippen MR) is 65.5 cm³/mol. The second-order valence-corrected chi connectivity index (χ2v) is 4.50. The van der Waals surface area contributed by atoms with Gasteiger partial charge < -0.3 is 5.11 Å². The average molecular weight is 299 g/mol. The molecule has 4 nitrogen and oxygen atoms in total.